The molecule has 118 valence electrons. The molecule has 0 aliphatic rings. The molecule has 0 fully saturated rings. The zero-order chi connectivity index (χ0) is 16.2. The normalized spacial score (nSPS) is 10.8. The highest BCUT2D eigenvalue weighted by Crippen LogP contribution is 2.21. The van der Waals surface area contributed by atoms with Crippen molar-refractivity contribution in [3.63, 3.8) is 0 Å². The fourth-order valence-corrected chi connectivity index (χ4v) is 3.08. The van der Waals surface area contributed by atoms with Gasteiger partial charge in [-0.05, 0) is 12.1 Å². The molecule has 7 nitrogen and oxygen atoms in total. The molecule has 0 radical (unpaired) electrons. The highest BCUT2D eigenvalue weighted by atomic mass is 32.1. The summed E-state index contributed by atoms with van der Waals surface area (Å²) >= 11 is 1.60. The third-order valence-electron chi connectivity index (χ3n) is 3.21. The number of nitrogens with one attached hydrogen (secondary N) is 2. The van der Waals surface area contributed by atoms with Crippen molar-refractivity contribution in [1.29, 1.82) is 0 Å². The number of thiazole rings is 1. The number of para-hydroxylation sites is 1. The average molecular weight is 330 g/mol. The summed E-state index contributed by atoms with van der Waals surface area (Å²) in [6, 6.07) is 9.08. The van der Waals surface area contributed by atoms with Crippen molar-refractivity contribution in [3.8, 4) is 0 Å². The first-order chi connectivity index (χ1) is 11.1. The molecule has 0 aliphatic heterocycles. The van der Waals surface area contributed by atoms with Gasteiger partial charge in [0, 0.05) is 25.2 Å². The van der Waals surface area contributed by atoms with E-state index in [9.17, 15) is 14.4 Å². The number of hydrogen-bond donors (Lipinski definition) is 2. The number of aromatic amines is 1. The monoisotopic (exact) mass is 330 g/mol. The molecule has 0 saturated heterocycles. The van der Waals surface area contributed by atoms with Crippen LogP contribution >= 0.6 is 11.3 Å². The molecule has 23 heavy (non-hydrogen) atoms. The molecule has 1 aromatic carbocycles. The van der Waals surface area contributed by atoms with Gasteiger partial charge in [-0.3, -0.25) is 19.1 Å². The SMILES string of the molecule is O=C(Cn1ccc(=O)[nH]c1=O)NCCc1nc2ccccc2s1. The molecule has 0 unspecified atom stereocenters. The van der Waals surface area contributed by atoms with Crippen LogP contribution in [0.25, 0.3) is 10.2 Å². The Balaban J connectivity index is 1.54. The Bertz CT molecular complexity index is 924. The molecule has 8 heteroatoms. The maximum Gasteiger partial charge on any atom is 0.328 e. The van der Waals surface area contributed by atoms with Gasteiger partial charge in [0.2, 0.25) is 5.91 Å². The topological polar surface area (TPSA) is 96.9 Å². The van der Waals surface area contributed by atoms with Gasteiger partial charge in [-0.15, -0.1) is 11.3 Å². The van der Waals surface area contributed by atoms with E-state index in [1.807, 2.05) is 24.3 Å². The van der Waals surface area contributed by atoms with Gasteiger partial charge in [-0.1, -0.05) is 12.1 Å². The van der Waals surface area contributed by atoms with Crippen LogP contribution in [0.4, 0.5) is 0 Å². The summed E-state index contributed by atoms with van der Waals surface area (Å²) in [5, 5.41) is 3.69. The molecular weight excluding hydrogens is 316 g/mol. The minimum absolute atomic E-state index is 0.130. The Morgan fingerprint density at radius 2 is 2.09 bits per heavy atom. The Kier molecular flexibility index (Phi) is 4.33. The van der Waals surface area contributed by atoms with Crippen molar-refractivity contribution >= 4 is 27.5 Å². The van der Waals surface area contributed by atoms with Crippen LogP contribution in [0, 0.1) is 0 Å². The summed E-state index contributed by atoms with van der Waals surface area (Å²) in [4.78, 5) is 40.9. The van der Waals surface area contributed by atoms with Crippen LogP contribution in [0.5, 0.6) is 0 Å². The van der Waals surface area contributed by atoms with Gasteiger partial charge in [0.25, 0.3) is 5.56 Å². The standard InChI is InChI=1S/C15H14N4O3S/c20-12-6-8-19(15(22)18-12)9-13(21)16-7-5-14-17-10-3-1-2-4-11(10)23-14/h1-4,6,8H,5,7,9H2,(H,16,21)(H,18,20,22). The lowest BCUT2D eigenvalue weighted by atomic mass is 10.3. The summed E-state index contributed by atoms with van der Waals surface area (Å²) in [5.74, 6) is -0.291. The number of amides is 1. The second kappa shape index (κ2) is 6.57. The van der Waals surface area contributed by atoms with Crippen molar-refractivity contribution in [1.82, 2.24) is 19.9 Å². The second-order valence-electron chi connectivity index (χ2n) is 4.91. The Labute approximate surface area is 134 Å². The first-order valence-corrected chi connectivity index (χ1v) is 7.84. The number of rotatable bonds is 5. The summed E-state index contributed by atoms with van der Waals surface area (Å²) in [6.45, 7) is 0.312. The molecule has 1 amide bonds. The molecule has 0 spiro atoms. The van der Waals surface area contributed by atoms with Gasteiger partial charge in [0.05, 0.1) is 15.2 Å². The Hall–Kier alpha value is -2.74. The van der Waals surface area contributed by atoms with E-state index in [0.717, 1.165) is 19.8 Å². The molecule has 0 saturated carbocycles. The number of H-pyrrole nitrogens is 1. The molecule has 2 aromatic heterocycles. The summed E-state index contributed by atoms with van der Waals surface area (Å²) in [7, 11) is 0. The molecule has 0 atom stereocenters. The van der Waals surface area contributed by atoms with Crippen LogP contribution < -0.4 is 16.6 Å². The molecule has 3 rings (SSSR count). The number of benzene rings is 1. The van der Waals surface area contributed by atoms with E-state index in [1.165, 1.54) is 12.3 Å². The van der Waals surface area contributed by atoms with E-state index in [2.05, 4.69) is 15.3 Å². The molecule has 0 aliphatic carbocycles. The molecule has 2 heterocycles. The maximum atomic E-state index is 11.8. The smallest absolute Gasteiger partial charge is 0.328 e. The fraction of sp³-hybridized carbons (Fsp3) is 0.200. The number of nitrogens with zero attached hydrogens (tertiary/aromatic N) is 2. The maximum absolute atomic E-state index is 11.8. The molecular formula is C15H14N4O3S. The van der Waals surface area contributed by atoms with Crippen molar-refractivity contribution in [3.05, 3.63) is 62.4 Å². The van der Waals surface area contributed by atoms with E-state index in [1.54, 1.807) is 11.3 Å². The lowest BCUT2D eigenvalue weighted by Crippen LogP contribution is -2.36. The van der Waals surface area contributed by atoms with Crippen LogP contribution in [-0.2, 0) is 17.8 Å². The van der Waals surface area contributed by atoms with Gasteiger partial charge in [0.1, 0.15) is 6.54 Å². The van der Waals surface area contributed by atoms with Crippen LogP contribution in [-0.4, -0.2) is 27.0 Å². The summed E-state index contributed by atoms with van der Waals surface area (Å²) in [6.07, 6.45) is 1.93. The molecule has 2 N–H and O–H groups in total. The second-order valence-corrected chi connectivity index (χ2v) is 6.03. The van der Waals surface area contributed by atoms with Gasteiger partial charge in [0.15, 0.2) is 0 Å². The van der Waals surface area contributed by atoms with E-state index in [4.69, 9.17) is 0 Å². The lowest BCUT2D eigenvalue weighted by Gasteiger charge is -2.05. The van der Waals surface area contributed by atoms with Gasteiger partial charge >= 0.3 is 5.69 Å². The van der Waals surface area contributed by atoms with E-state index < -0.39 is 11.2 Å². The van der Waals surface area contributed by atoms with Crippen LogP contribution in [0.3, 0.4) is 0 Å². The van der Waals surface area contributed by atoms with Gasteiger partial charge in [-0.25, -0.2) is 9.78 Å². The largest absolute Gasteiger partial charge is 0.354 e. The molecule has 0 bridgehead atoms. The van der Waals surface area contributed by atoms with Crippen molar-refractivity contribution in [2.75, 3.05) is 6.54 Å². The quantitative estimate of drug-likeness (QED) is 0.712. The van der Waals surface area contributed by atoms with Crippen LogP contribution in [0.15, 0.2) is 46.1 Å². The van der Waals surface area contributed by atoms with Crippen molar-refractivity contribution in [2.24, 2.45) is 0 Å². The Morgan fingerprint density at radius 3 is 2.87 bits per heavy atom. The van der Waals surface area contributed by atoms with Crippen molar-refractivity contribution in [2.45, 2.75) is 13.0 Å². The van der Waals surface area contributed by atoms with Gasteiger partial charge < -0.3 is 5.32 Å². The van der Waals surface area contributed by atoms with E-state index >= 15 is 0 Å². The first-order valence-electron chi connectivity index (χ1n) is 7.03. The number of carbonyl (C=O) groups excluding carboxylic acids is 1. The van der Waals surface area contributed by atoms with Crippen LogP contribution in [0.1, 0.15) is 5.01 Å². The third-order valence-corrected chi connectivity index (χ3v) is 4.31. The number of aromatic nitrogens is 3. The van der Waals surface area contributed by atoms with Gasteiger partial charge in [-0.2, -0.15) is 0 Å². The zero-order valence-electron chi connectivity index (χ0n) is 12.1. The number of hydrogen-bond acceptors (Lipinski definition) is 5. The first kappa shape index (κ1) is 15.2. The summed E-state index contributed by atoms with van der Waals surface area (Å²) < 4.78 is 2.27. The third kappa shape index (κ3) is 3.72. The number of fused-ring (bicyclic) bond motifs is 1. The predicted octanol–water partition coefficient (Wildman–Crippen LogP) is 0.505. The van der Waals surface area contributed by atoms with E-state index in [-0.39, 0.29) is 12.5 Å². The van der Waals surface area contributed by atoms with Crippen LogP contribution in [0.2, 0.25) is 0 Å². The Morgan fingerprint density at radius 1 is 1.26 bits per heavy atom. The minimum atomic E-state index is -0.598. The average Bonchev–Trinajstić information content (AvgIpc) is 2.93. The minimum Gasteiger partial charge on any atom is -0.354 e. The fourth-order valence-electron chi connectivity index (χ4n) is 2.12. The molecule has 3 aromatic rings. The zero-order valence-corrected chi connectivity index (χ0v) is 12.9. The highest BCUT2D eigenvalue weighted by Gasteiger charge is 2.06. The highest BCUT2D eigenvalue weighted by molar-refractivity contribution is 7.18. The number of carbonyl (C=O) groups is 1. The lowest BCUT2D eigenvalue weighted by molar-refractivity contribution is -0.121. The van der Waals surface area contributed by atoms with Crippen molar-refractivity contribution < 1.29 is 4.79 Å². The summed E-state index contributed by atoms with van der Waals surface area (Å²) in [5.41, 5.74) is -0.125. The predicted molar refractivity (Wildman–Crippen MR) is 87.7 cm³/mol. The van der Waals surface area contributed by atoms with E-state index in [0.29, 0.717) is 13.0 Å².